The molecule has 0 fully saturated rings. The number of nitrogens with zero attached hydrogens (tertiary/aromatic N) is 1. The first-order chi connectivity index (χ1) is 16.5. The third-order valence-electron chi connectivity index (χ3n) is 4.74. The summed E-state index contributed by atoms with van der Waals surface area (Å²) in [5.41, 5.74) is 3.26. The van der Waals surface area contributed by atoms with E-state index in [1.807, 2.05) is 42.5 Å². The number of carbonyl (C=O) groups is 2. The number of benzene rings is 4. The molecule has 8 heteroatoms. The van der Waals surface area contributed by atoms with Crippen LogP contribution in [-0.2, 0) is 4.79 Å². The Kier molecular flexibility index (Phi) is 7.57. The van der Waals surface area contributed by atoms with E-state index in [9.17, 15) is 9.59 Å². The van der Waals surface area contributed by atoms with Crippen molar-refractivity contribution in [1.29, 1.82) is 0 Å². The molecule has 0 saturated carbocycles. The van der Waals surface area contributed by atoms with Crippen molar-refractivity contribution in [3.63, 3.8) is 0 Å². The van der Waals surface area contributed by atoms with Gasteiger partial charge < -0.3 is 9.47 Å². The molecule has 1 N–H and O–H groups in total. The third-order valence-corrected chi connectivity index (χ3v) is 5.48. The Morgan fingerprint density at radius 3 is 2.50 bits per heavy atom. The van der Waals surface area contributed by atoms with Crippen molar-refractivity contribution >= 4 is 56.4 Å². The zero-order valence-electron chi connectivity index (χ0n) is 17.7. The van der Waals surface area contributed by atoms with Gasteiger partial charge in [-0.25, -0.2) is 10.2 Å². The fourth-order valence-electron chi connectivity index (χ4n) is 3.07. The van der Waals surface area contributed by atoms with E-state index in [0.29, 0.717) is 21.9 Å². The molecule has 0 spiro atoms. The summed E-state index contributed by atoms with van der Waals surface area (Å²) in [6.07, 6.45) is 1.39. The molecule has 4 rings (SSSR count). The fraction of sp³-hybridized carbons (Fsp3) is 0.0385. The van der Waals surface area contributed by atoms with Crippen LogP contribution in [0.3, 0.4) is 0 Å². The van der Waals surface area contributed by atoms with Gasteiger partial charge >= 0.3 is 5.97 Å². The van der Waals surface area contributed by atoms with E-state index in [2.05, 4.69) is 26.5 Å². The number of esters is 1. The second-order valence-corrected chi connectivity index (χ2v) is 8.52. The van der Waals surface area contributed by atoms with Crippen LogP contribution in [0.4, 0.5) is 0 Å². The smallest absolute Gasteiger partial charge is 0.343 e. The summed E-state index contributed by atoms with van der Waals surface area (Å²) in [6.45, 7) is -0.202. The Hall–Kier alpha value is -3.68. The first-order valence-corrected chi connectivity index (χ1v) is 11.4. The molecule has 170 valence electrons. The topological polar surface area (TPSA) is 77.0 Å². The summed E-state index contributed by atoms with van der Waals surface area (Å²) >= 11 is 9.24. The molecule has 6 nitrogen and oxygen atoms in total. The first kappa shape index (κ1) is 23.5. The molecule has 0 aromatic heterocycles. The maximum atomic E-state index is 12.4. The summed E-state index contributed by atoms with van der Waals surface area (Å²) < 4.78 is 11.8. The van der Waals surface area contributed by atoms with Crippen molar-refractivity contribution in [1.82, 2.24) is 5.43 Å². The lowest BCUT2D eigenvalue weighted by molar-refractivity contribution is -0.123. The highest BCUT2D eigenvalue weighted by molar-refractivity contribution is 9.10. The lowest BCUT2D eigenvalue weighted by Crippen LogP contribution is -2.24. The van der Waals surface area contributed by atoms with Crippen molar-refractivity contribution in [2.45, 2.75) is 0 Å². The van der Waals surface area contributed by atoms with Crippen LogP contribution in [0, 0.1) is 0 Å². The number of amides is 1. The van der Waals surface area contributed by atoms with Gasteiger partial charge in [0, 0.05) is 15.1 Å². The van der Waals surface area contributed by atoms with Gasteiger partial charge in [-0.05, 0) is 65.4 Å². The molecule has 0 heterocycles. The van der Waals surface area contributed by atoms with Gasteiger partial charge in [-0.2, -0.15) is 5.10 Å². The number of carbonyl (C=O) groups excluding carboxylic acids is 2. The van der Waals surface area contributed by atoms with Crippen molar-refractivity contribution in [2.75, 3.05) is 6.61 Å². The molecule has 0 unspecified atom stereocenters. The van der Waals surface area contributed by atoms with Crippen LogP contribution in [0.25, 0.3) is 10.8 Å². The highest BCUT2D eigenvalue weighted by atomic mass is 79.9. The van der Waals surface area contributed by atoms with Crippen LogP contribution in [0.1, 0.15) is 15.9 Å². The van der Waals surface area contributed by atoms with E-state index >= 15 is 0 Å². The number of hydrogen-bond acceptors (Lipinski definition) is 5. The van der Waals surface area contributed by atoms with Crippen molar-refractivity contribution < 1.29 is 19.1 Å². The van der Waals surface area contributed by atoms with E-state index in [0.717, 1.165) is 15.2 Å². The molecule has 1 amide bonds. The summed E-state index contributed by atoms with van der Waals surface area (Å²) in [5, 5.41) is 6.60. The lowest BCUT2D eigenvalue weighted by atomic mass is 10.1. The minimum atomic E-state index is -0.540. The predicted octanol–water partition coefficient (Wildman–Crippen LogP) is 6.00. The predicted molar refractivity (Wildman–Crippen MR) is 136 cm³/mol. The Morgan fingerprint density at radius 2 is 1.71 bits per heavy atom. The number of hydrogen-bond donors (Lipinski definition) is 1. The molecule has 0 atom stereocenters. The molecule has 0 aliphatic carbocycles. The zero-order chi connectivity index (χ0) is 23.9. The number of rotatable bonds is 7. The summed E-state index contributed by atoms with van der Waals surface area (Å²) in [4.78, 5) is 24.6. The fourth-order valence-corrected chi connectivity index (χ4v) is 3.57. The van der Waals surface area contributed by atoms with E-state index in [1.165, 1.54) is 6.21 Å². The van der Waals surface area contributed by atoms with Crippen molar-refractivity contribution in [3.05, 3.63) is 106 Å². The van der Waals surface area contributed by atoms with Crippen molar-refractivity contribution in [3.8, 4) is 11.5 Å². The van der Waals surface area contributed by atoms with Gasteiger partial charge in [0.05, 0.1) is 11.8 Å². The maximum absolute atomic E-state index is 12.4. The highest BCUT2D eigenvalue weighted by Gasteiger charge is 2.12. The number of halogens is 2. The lowest BCUT2D eigenvalue weighted by Gasteiger charge is -2.08. The normalized spacial score (nSPS) is 10.9. The van der Waals surface area contributed by atoms with Crippen LogP contribution in [0.5, 0.6) is 11.5 Å². The molecule has 0 saturated heterocycles. The number of nitrogens with one attached hydrogen (secondary N) is 1. The number of hydrazone groups is 1. The molecule has 0 aliphatic rings. The van der Waals surface area contributed by atoms with Crippen LogP contribution >= 0.6 is 27.5 Å². The molecule has 0 aliphatic heterocycles. The Bertz CT molecular complexity index is 1370. The van der Waals surface area contributed by atoms with Crippen LogP contribution in [-0.4, -0.2) is 24.7 Å². The van der Waals surface area contributed by atoms with E-state index in [4.69, 9.17) is 21.1 Å². The largest absolute Gasteiger partial charge is 0.484 e. The van der Waals surface area contributed by atoms with Crippen LogP contribution < -0.4 is 14.9 Å². The van der Waals surface area contributed by atoms with Gasteiger partial charge in [0.1, 0.15) is 11.5 Å². The van der Waals surface area contributed by atoms with Gasteiger partial charge in [-0.3, -0.25) is 4.79 Å². The molecule has 4 aromatic carbocycles. The van der Waals surface area contributed by atoms with Gasteiger partial charge in [-0.1, -0.05) is 57.9 Å². The first-order valence-electron chi connectivity index (χ1n) is 10.2. The average molecular weight is 538 g/mol. The quantitative estimate of drug-likeness (QED) is 0.136. The second-order valence-electron chi connectivity index (χ2n) is 7.17. The average Bonchev–Trinajstić information content (AvgIpc) is 2.84. The number of fused-ring (bicyclic) bond motifs is 1. The van der Waals surface area contributed by atoms with Crippen LogP contribution in [0.15, 0.2) is 94.5 Å². The number of ether oxygens (including phenoxy) is 2. The molecular formula is C26H18BrClN2O4. The molecule has 0 bridgehead atoms. The summed E-state index contributed by atoms with van der Waals surface area (Å²) in [7, 11) is 0. The van der Waals surface area contributed by atoms with E-state index < -0.39 is 11.9 Å². The van der Waals surface area contributed by atoms with Gasteiger partial charge in [0.2, 0.25) is 0 Å². The molecular weight excluding hydrogens is 520 g/mol. The van der Waals surface area contributed by atoms with Crippen LogP contribution in [0.2, 0.25) is 5.02 Å². The van der Waals surface area contributed by atoms with Crippen molar-refractivity contribution in [2.24, 2.45) is 5.10 Å². The second kappa shape index (κ2) is 11.0. The highest BCUT2D eigenvalue weighted by Crippen LogP contribution is 2.23. The van der Waals surface area contributed by atoms with E-state index in [-0.39, 0.29) is 12.4 Å². The van der Waals surface area contributed by atoms with Gasteiger partial charge in [-0.15, -0.1) is 0 Å². The monoisotopic (exact) mass is 536 g/mol. The van der Waals surface area contributed by atoms with Gasteiger partial charge in [0.15, 0.2) is 6.61 Å². The molecule has 4 aromatic rings. The Labute approximate surface area is 209 Å². The molecule has 34 heavy (non-hydrogen) atoms. The van der Waals surface area contributed by atoms with Gasteiger partial charge in [0.25, 0.3) is 5.91 Å². The standard InChI is InChI=1S/C26H18BrClN2O4/c27-21-8-12-24(34-26(32)18-5-9-22(28)10-6-18)20(13-21)15-29-30-25(31)16-33-23-11-7-17-3-1-2-4-19(17)14-23/h1-15H,16H2,(H,30,31)/b29-15+. The Balaban J connectivity index is 1.36. The Morgan fingerprint density at radius 1 is 0.941 bits per heavy atom. The minimum Gasteiger partial charge on any atom is -0.484 e. The third kappa shape index (κ3) is 6.21. The summed E-state index contributed by atoms with van der Waals surface area (Å²) in [6, 6.07) is 24.9. The maximum Gasteiger partial charge on any atom is 0.343 e. The summed E-state index contributed by atoms with van der Waals surface area (Å²) in [5.74, 6) is -0.102. The minimum absolute atomic E-state index is 0.202. The zero-order valence-corrected chi connectivity index (χ0v) is 20.0. The molecule has 0 radical (unpaired) electrons. The van der Waals surface area contributed by atoms with E-state index in [1.54, 1.807) is 42.5 Å². The SMILES string of the molecule is O=C(COc1ccc2ccccc2c1)N/N=C/c1cc(Br)ccc1OC(=O)c1ccc(Cl)cc1.